The Hall–Kier alpha value is -0.900. The van der Waals surface area contributed by atoms with Crippen molar-refractivity contribution in [2.24, 2.45) is 0 Å². The summed E-state index contributed by atoms with van der Waals surface area (Å²) < 4.78 is 0.890. The maximum Gasteiger partial charge on any atom is 0.270 e. The van der Waals surface area contributed by atoms with Crippen molar-refractivity contribution in [3.8, 4) is 0 Å². The lowest BCUT2D eigenvalue weighted by Crippen LogP contribution is -2.36. The van der Waals surface area contributed by atoms with Gasteiger partial charge in [0, 0.05) is 16.7 Å². The monoisotopic (exact) mass is 282 g/mol. The third kappa shape index (κ3) is 3.04. The molecule has 1 aliphatic carbocycles. The van der Waals surface area contributed by atoms with Crippen LogP contribution in [0.3, 0.4) is 0 Å². The molecular formula is C12H15BrN2O. The molecule has 0 saturated heterocycles. The largest absolute Gasteiger partial charge is 0.348 e. The Kier molecular flexibility index (Phi) is 3.93. The van der Waals surface area contributed by atoms with Gasteiger partial charge in [-0.05, 0) is 40.9 Å². The van der Waals surface area contributed by atoms with Gasteiger partial charge in [0.25, 0.3) is 5.91 Å². The molecule has 3 nitrogen and oxygen atoms in total. The van der Waals surface area contributed by atoms with Crippen molar-refractivity contribution in [2.75, 3.05) is 0 Å². The summed E-state index contributed by atoms with van der Waals surface area (Å²) in [5.41, 5.74) is 0.494. The summed E-state index contributed by atoms with van der Waals surface area (Å²) in [7, 11) is 0. The molecular weight excluding hydrogens is 268 g/mol. The van der Waals surface area contributed by atoms with E-state index in [0.717, 1.165) is 17.3 Å². The van der Waals surface area contributed by atoms with Gasteiger partial charge in [-0.25, -0.2) is 4.98 Å². The second-order valence-electron chi connectivity index (χ2n) is 4.17. The summed E-state index contributed by atoms with van der Waals surface area (Å²) in [6.07, 6.45) is 7.58. The van der Waals surface area contributed by atoms with Crippen molar-refractivity contribution in [1.82, 2.24) is 10.3 Å². The third-order valence-electron chi connectivity index (χ3n) is 2.90. The third-order valence-corrected chi connectivity index (χ3v) is 3.37. The average Bonchev–Trinajstić information content (AvgIpc) is 2.31. The molecule has 0 bridgehead atoms. The normalized spacial score (nSPS) is 17.1. The quantitative estimate of drug-likeness (QED) is 0.906. The first-order valence-corrected chi connectivity index (χ1v) is 6.47. The molecule has 1 heterocycles. The lowest BCUT2D eigenvalue weighted by Gasteiger charge is -2.22. The van der Waals surface area contributed by atoms with Gasteiger partial charge in [-0.3, -0.25) is 4.79 Å². The van der Waals surface area contributed by atoms with Gasteiger partial charge in [0.15, 0.2) is 0 Å². The Morgan fingerprint density at radius 1 is 1.31 bits per heavy atom. The molecule has 86 valence electrons. The van der Waals surface area contributed by atoms with Crippen LogP contribution in [0.15, 0.2) is 22.8 Å². The van der Waals surface area contributed by atoms with Crippen molar-refractivity contribution < 1.29 is 4.79 Å². The highest BCUT2D eigenvalue weighted by Crippen LogP contribution is 2.17. The zero-order chi connectivity index (χ0) is 11.4. The van der Waals surface area contributed by atoms with E-state index in [4.69, 9.17) is 0 Å². The van der Waals surface area contributed by atoms with Gasteiger partial charge >= 0.3 is 0 Å². The molecule has 0 spiro atoms. The van der Waals surface area contributed by atoms with Crippen molar-refractivity contribution in [1.29, 1.82) is 0 Å². The van der Waals surface area contributed by atoms with Crippen molar-refractivity contribution in [3.05, 3.63) is 28.5 Å². The number of halogens is 1. The number of amides is 1. The molecule has 0 aromatic carbocycles. The predicted octanol–water partition coefficient (Wildman–Crippen LogP) is 2.91. The summed E-state index contributed by atoms with van der Waals surface area (Å²) in [5.74, 6) is -0.0561. The fraction of sp³-hybridized carbons (Fsp3) is 0.500. The molecule has 1 aliphatic rings. The van der Waals surface area contributed by atoms with Gasteiger partial charge in [0.2, 0.25) is 0 Å². The molecule has 1 amide bonds. The maximum absolute atomic E-state index is 11.8. The molecule has 1 fully saturated rings. The maximum atomic E-state index is 11.8. The summed E-state index contributed by atoms with van der Waals surface area (Å²) in [6.45, 7) is 0. The lowest BCUT2D eigenvalue weighted by atomic mass is 9.95. The number of hydrogen-bond acceptors (Lipinski definition) is 2. The molecule has 0 radical (unpaired) electrons. The smallest absolute Gasteiger partial charge is 0.270 e. The van der Waals surface area contributed by atoms with E-state index in [-0.39, 0.29) is 5.91 Å². The molecule has 1 aromatic heterocycles. The number of aromatic nitrogens is 1. The fourth-order valence-corrected chi connectivity index (χ4v) is 2.25. The van der Waals surface area contributed by atoms with Gasteiger partial charge in [0.1, 0.15) is 5.69 Å². The van der Waals surface area contributed by atoms with E-state index >= 15 is 0 Å². The van der Waals surface area contributed by atoms with Crippen LogP contribution in [-0.4, -0.2) is 16.9 Å². The lowest BCUT2D eigenvalue weighted by molar-refractivity contribution is 0.0922. The zero-order valence-electron chi connectivity index (χ0n) is 9.08. The second kappa shape index (κ2) is 5.43. The van der Waals surface area contributed by atoms with E-state index in [1.165, 1.54) is 19.3 Å². The topological polar surface area (TPSA) is 42.0 Å². The number of nitrogens with one attached hydrogen (secondary N) is 1. The van der Waals surface area contributed by atoms with Crippen LogP contribution in [0.1, 0.15) is 42.6 Å². The number of nitrogens with zero attached hydrogens (tertiary/aromatic N) is 1. The standard InChI is InChI=1S/C12H15BrN2O/c13-9-6-7-11(14-8-9)12(16)15-10-4-2-1-3-5-10/h6-8,10H,1-5H2,(H,15,16). The average molecular weight is 283 g/mol. The van der Waals surface area contributed by atoms with Gasteiger partial charge in [0.05, 0.1) is 0 Å². The molecule has 4 heteroatoms. The Labute approximate surface area is 104 Å². The molecule has 1 aromatic rings. The van der Waals surface area contributed by atoms with E-state index < -0.39 is 0 Å². The first kappa shape index (κ1) is 11.6. The van der Waals surface area contributed by atoms with Crippen LogP contribution in [0.5, 0.6) is 0 Å². The predicted molar refractivity (Wildman–Crippen MR) is 66.3 cm³/mol. The molecule has 1 saturated carbocycles. The summed E-state index contributed by atoms with van der Waals surface area (Å²) >= 11 is 3.30. The van der Waals surface area contributed by atoms with Crippen LogP contribution >= 0.6 is 15.9 Å². The van der Waals surface area contributed by atoms with Gasteiger partial charge in [-0.1, -0.05) is 19.3 Å². The number of pyridine rings is 1. The molecule has 2 rings (SSSR count). The molecule has 0 aliphatic heterocycles. The highest BCUT2D eigenvalue weighted by molar-refractivity contribution is 9.10. The number of hydrogen-bond donors (Lipinski definition) is 1. The summed E-state index contributed by atoms with van der Waals surface area (Å²) in [4.78, 5) is 15.9. The van der Waals surface area contributed by atoms with Crippen LogP contribution < -0.4 is 5.32 Å². The van der Waals surface area contributed by atoms with E-state index in [9.17, 15) is 4.79 Å². The first-order valence-electron chi connectivity index (χ1n) is 5.68. The van der Waals surface area contributed by atoms with Crippen molar-refractivity contribution in [2.45, 2.75) is 38.1 Å². The Balaban J connectivity index is 1.94. The van der Waals surface area contributed by atoms with Gasteiger partial charge in [-0.2, -0.15) is 0 Å². The minimum Gasteiger partial charge on any atom is -0.348 e. The molecule has 0 unspecified atom stereocenters. The van der Waals surface area contributed by atoms with Crippen LogP contribution in [0.25, 0.3) is 0 Å². The van der Waals surface area contributed by atoms with E-state index in [1.807, 2.05) is 6.07 Å². The molecule has 16 heavy (non-hydrogen) atoms. The Morgan fingerprint density at radius 3 is 2.69 bits per heavy atom. The zero-order valence-corrected chi connectivity index (χ0v) is 10.7. The van der Waals surface area contributed by atoms with E-state index in [1.54, 1.807) is 12.3 Å². The minimum atomic E-state index is -0.0561. The van der Waals surface area contributed by atoms with Crippen LogP contribution in [0, 0.1) is 0 Å². The molecule has 1 N–H and O–H groups in total. The highest BCUT2D eigenvalue weighted by Gasteiger charge is 2.16. The van der Waals surface area contributed by atoms with Crippen molar-refractivity contribution >= 4 is 21.8 Å². The van der Waals surface area contributed by atoms with E-state index in [0.29, 0.717) is 11.7 Å². The Morgan fingerprint density at radius 2 is 2.06 bits per heavy atom. The number of rotatable bonds is 2. The summed E-state index contributed by atoms with van der Waals surface area (Å²) in [6, 6.07) is 3.91. The van der Waals surface area contributed by atoms with Crippen LogP contribution in [0.4, 0.5) is 0 Å². The molecule has 0 atom stereocenters. The first-order chi connectivity index (χ1) is 7.75. The number of carbonyl (C=O) groups excluding carboxylic acids is 1. The summed E-state index contributed by atoms with van der Waals surface area (Å²) in [5, 5.41) is 3.04. The highest BCUT2D eigenvalue weighted by atomic mass is 79.9. The number of carbonyl (C=O) groups is 1. The SMILES string of the molecule is O=C(NC1CCCCC1)c1ccc(Br)cn1. The van der Waals surface area contributed by atoms with Crippen LogP contribution in [-0.2, 0) is 0 Å². The van der Waals surface area contributed by atoms with E-state index in [2.05, 4.69) is 26.2 Å². The van der Waals surface area contributed by atoms with Gasteiger partial charge < -0.3 is 5.32 Å². The fourth-order valence-electron chi connectivity index (χ4n) is 2.02. The van der Waals surface area contributed by atoms with Crippen molar-refractivity contribution in [3.63, 3.8) is 0 Å². The van der Waals surface area contributed by atoms with Gasteiger partial charge in [-0.15, -0.1) is 0 Å². The second-order valence-corrected chi connectivity index (χ2v) is 5.09. The minimum absolute atomic E-state index is 0.0561. The Bertz CT molecular complexity index is 358. The van der Waals surface area contributed by atoms with Crippen LogP contribution in [0.2, 0.25) is 0 Å².